The van der Waals surface area contributed by atoms with Crippen LogP contribution in [0.2, 0.25) is 0 Å². The van der Waals surface area contributed by atoms with Gasteiger partial charge in [0.05, 0.1) is 12.7 Å². The molecule has 7 nitrogen and oxygen atoms in total. The third-order valence-electron chi connectivity index (χ3n) is 4.05. The van der Waals surface area contributed by atoms with Crippen LogP contribution in [0, 0.1) is 0 Å². The number of carboxylic acid groups (broad SMARTS) is 1. The summed E-state index contributed by atoms with van der Waals surface area (Å²) >= 11 is 0. The average molecular weight is 365 g/mol. The first kappa shape index (κ1) is 21.5. The SMILES string of the molecule is COC(=O)[C@@H](N(C)C(=O)OC(C)(C)C)C(C)(C)c1ccc(C(=O)O)cc1. The summed E-state index contributed by atoms with van der Waals surface area (Å²) in [7, 11) is 2.73. The molecule has 0 heterocycles. The van der Waals surface area contributed by atoms with Crippen LogP contribution in [0.3, 0.4) is 0 Å². The first-order valence-corrected chi connectivity index (χ1v) is 8.18. The number of carbonyl (C=O) groups is 3. The highest BCUT2D eigenvalue weighted by Gasteiger charge is 2.43. The molecule has 1 aromatic carbocycles. The van der Waals surface area contributed by atoms with Gasteiger partial charge in [-0.05, 0) is 38.5 Å². The van der Waals surface area contributed by atoms with Gasteiger partial charge >= 0.3 is 18.0 Å². The summed E-state index contributed by atoms with van der Waals surface area (Å²) in [6.07, 6.45) is -0.650. The van der Waals surface area contributed by atoms with Gasteiger partial charge in [0.1, 0.15) is 11.6 Å². The number of amides is 1. The van der Waals surface area contributed by atoms with E-state index >= 15 is 0 Å². The standard InChI is InChI=1S/C19H27NO6/c1-18(2,3)26-17(24)20(6)14(16(23)25-7)19(4,5)13-10-8-12(9-11-13)15(21)22/h8-11,14H,1-7H3,(H,21,22)/t14-/m1/s1. The highest BCUT2D eigenvalue weighted by Crippen LogP contribution is 2.32. The molecule has 0 aliphatic carbocycles. The maximum atomic E-state index is 12.5. The lowest BCUT2D eigenvalue weighted by Crippen LogP contribution is -2.54. The molecule has 0 bridgehead atoms. The Bertz CT molecular complexity index is 672. The van der Waals surface area contributed by atoms with Gasteiger partial charge in [0, 0.05) is 12.5 Å². The Kier molecular flexibility index (Phi) is 6.41. The normalized spacial score (nSPS) is 12.9. The van der Waals surface area contributed by atoms with E-state index in [2.05, 4.69) is 0 Å². The van der Waals surface area contributed by atoms with Gasteiger partial charge in [-0.1, -0.05) is 26.0 Å². The lowest BCUT2D eigenvalue weighted by Gasteiger charge is -2.39. The maximum absolute atomic E-state index is 12.5. The van der Waals surface area contributed by atoms with Crippen LogP contribution in [0.5, 0.6) is 0 Å². The van der Waals surface area contributed by atoms with Crippen molar-refractivity contribution in [2.24, 2.45) is 0 Å². The van der Waals surface area contributed by atoms with Gasteiger partial charge in [-0.25, -0.2) is 14.4 Å². The molecular formula is C19H27NO6. The second-order valence-corrected chi connectivity index (χ2v) is 7.62. The number of esters is 1. The molecule has 1 amide bonds. The van der Waals surface area contributed by atoms with Crippen LogP contribution in [-0.2, 0) is 19.7 Å². The van der Waals surface area contributed by atoms with Crippen LogP contribution in [0.4, 0.5) is 4.79 Å². The Labute approximate surface area is 153 Å². The topological polar surface area (TPSA) is 93.1 Å². The highest BCUT2D eigenvalue weighted by atomic mass is 16.6. The van der Waals surface area contributed by atoms with Crippen LogP contribution in [0.25, 0.3) is 0 Å². The monoisotopic (exact) mass is 365 g/mol. The molecule has 1 N–H and O–H groups in total. The van der Waals surface area contributed by atoms with E-state index in [1.165, 1.54) is 31.2 Å². The molecule has 1 rings (SSSR count). The summed E-state index contributed by atoms with van der Waals surface area (Å²) in [6, 6.07) is 5.21. The van der Waals surface area contributed by atoms with E-state index in [-0.39, 0.29) is 5.56 Å². The first-order chi connectivity index (χ1) is 11.8. The van der Waals surface area contributed by atoms with Crippen molar-refractivity contribution in [1.29, 1.82) is 0 Å². The van der Waals surface area contributed by atoms with Crippen LogP contribution < -0.4 is 0 Å². The summed E-state index contributed by atoms with van der Waals surface area (Å²) in [6.45, 7) is 8.78. The molecule has 0 aliphatic rings. The number of methoxy groups -OCH3 is 1. The Morgan fingerprint density at radius 3 is 1.92 bits per heavy atom. The number of rotatable bonds is 5. The summed E-state index contributed by atoms with van der Waals surface area (Å²) in [5, 5.41) is 9.04. The fraction of sp³-hybridized carbons (Fsp3) is 0.526. The highest BCUT2D eigenvalue weighted by molar-refractivity contribution is 5.87. The van der Waals surface area contributed by atoms with Crippen molar-refractivity contribution < 1.29 is 29.0 Å². The molecule has 0 unspecified atom stereocenters. The fourth-order valence-corrected chi connectivity index (χ4v) is 2.69. The molecule has 0 radical (unpaired) electrons. The van der Waals surface area contributed by atoms with Gasteiger partial charge in [-0.2, -0.15) is 0 Å². The predicted octanol–water partition coefficient (Wildman–Crippen LogP) is 3.07. The average Bonchev–Trinajstić information content (AvgIpc) is 2.52. The number of carboxylic acids is 1. The molecule has 26 heavy (non-hydrogen) atoms. The van der Waals surface area contributed by atoms with E-state index in [9.17, 15) is 14.4 Å². The van der Waals surface area contributed by atoms with Gasteiger partial charge < -0.3 is 14.6 Å². The van der Waals surface area contributed by atoms with Crippen molar-refractivity contribution in [3.63, 3.8) is 0 Å². The molecule has 0 aliphatic heterocycles. The van der Waals surface area contributed by atoms with E-state index in [1.807, 2.05) is 0 Å². The van der Waals surface area contributed by atoms with Crippen LogP contribution >= 0.6 is 0 Å². The van der Waals surface area contributed by atoms with E-state index in [0.717, 1.165) is 0 Å². The molecular weight excluding hydrogens is 338 g/mol. The van der Waals surface area contributed by atoms with Gasteiger partial charge in [0.15, 0.2) is 0 Å². The molecule has 1 aromatic rings. The van der Waals surface area contributed by atoms with E-state index in [0.29, 0.717) is 5.56 Å². The fourth-order valence-electron chi connectivity index (χ4n) is 2.69. The van der Waals surface area contributed by atoms with Crippen molar-refractivity contribution in [1.82, 2.24) is 4.90 Å². The molecule has 0 fully saturated rings. The Balaban J connectivity index is 3.27. The number of hydrogen-bond acceptors (Lipinski definition) is 5. The summed E-state index contributed by atoms with van der Waals surface area (Å²) in [4.78, 5) is 37.2. The smallest absolute Gasteiger partial charge is 0.410 e. The maximum Gasteiger partial charge on any atom is 0.410 e. The third kappa shape index (κ3) is 4.97. The summed E-state index contributed by atoms with van der Waals surface area (Å²) < 4.78 is 10.3. The number of nitrogens with zero attached hydrogens (tertiary/aromatic N) is 1. The largest absolute Gasteiger partial charge is 0.478 e. The lowest BCUT2D eigenvalue weighted by molar-refractivity contribution is -0.148. The molecule has 7 heteroatoms. The van der Waals surface area contributed by atoms with Gasteiger partial charge in [0.25, 0.3) is 0 Å². The Morgan fingerprint density at radius 1 is 1.04 bits per heavy atom. The molecule has 1 atom stereocenters. The van der Waals surface area contributed by atoms with Crippen LogP contribution in [0.15, 0.2) is 24.3 Å². The van der Waals surface area contributed by atoms with Crippen molar-refractivity contribution in [2.45, 2.75) is 51.7 Å². The minimum absolute atomic E-state index is 0.139. The van der Waals surface area contributed by atoms with Crippen molar-refractivity contribution >= 4 is 18.0 Å². The lowest BCUT2D eigenvalue weighted by atomic mass is 9.77. The minimum atomic E-state index is -1.04. The molecule has 0 aromatic heterocycles. The van der Waals surface area contributed by atoms with Crippen molar-refractivity contribution in [3.8, 4) is 0 Å². The zero-order chi connectivity index (χ0) is 20.3. The van der Waals surface area contributed by atoms with Gasteiger partial charge in [-0.3, -0.25) is 4.90 Å². The van der Waals surface area contributed by atoms with Crippen molar-refractivity contribution in [2.75, 3.05) is 14.2 Å². The number of aromatic carboxylic acids is 1. The molecule has 0 spiro atoms. The van der Waals surface area contributed by atoms with Crippen LogP contribution in [0.1, 0.15) is 50.5 Å². The van der Waals surface area contributed by atoms with Crippen molar-refractivity contribution in [3.05, 3.63) is 35.4 Å². The zero-order valence-electron chi connectivity index (χ0n) is 16.3. The summed E-state index contributed by atoms with van der Waals surface area (Å²) in [5.74, 6) is -1.63. The second-order valence-electron chi connectivity index (χ2n) is 7.62. The Morgan fingerprint density at radius 2 is 1.54 bits per heavy atom. The van der Waals surface area contributed by atoms with Crippen LogP contribution in [-0.4, -0.2) is 53.8 Å². The predicted molar refractivity (Wildman–Crippen MR) is 96.2 cm³/mol. The Hall–Kier alpha value is -2.57. The van der Waals surface area contributed by atoms with E-state index < -0.39 is 35.1 Å². The van der Waals surface area contributed by atoms with Gasteiger partial charge in [0.2, 0.25) is 0 Å². The molecule has 0 saturated heterocycles. The number of carbonyl (C=O) groups excluding carboxylic acids is 2. The quantitative estimate of drug-likeness (QED) is 0.806. The van der Waals surface area contributed by atoms with E-state index in [4.69, 9.17) is 14.6 Å². The number of hydrogen-bond donors (Lipinski definition) is 1. The van der Waals surface area contributed by atoms with Gasteiger partial charge in [-0.15, -0.1) is 0 Å². The number of benzene rings is 1. The second kappa shape index (κ2) is 7.76. The summed E-state index contributed by atoms with van der Waals surface area (Å²) in [5.41, 5.74) is -0.734. The van der Waals surface area contributed by atoms with E-state index in [1.54, 1.807) is 46.8 Å². The minimum Gasteiger partial charge on any atom is -0.478 e. The molecule has 0 saturated carbocycles. The third-order valence-corrected chi connectivity index (χ3v) is 4.05. The number of likely N-dealkylation sites (N-methyl/N-ethyl adjacent to an activating group) is 1. The number of ether oxygens (including phenoxy) is 2. The first-order valence-electron chi connectivity index (χ1n) is 8.18. The molecule has 144 valence electrons. The zero-order valence-corrected chi connectivity index (χ0v) is 16.3.